The van der Waals surface area contributed by atoms with Crippen LogP contribution in [0.25, 0.3) is 0 Å². The average Bonchev–Trinajstić information content (AvgIpc) is 3.38. The van der Waals surface area contributed by atoms with Gasteiger partial charge >= 0.3 is 0 Å². The summed E-state index contributed by atoms with van der Waals surface area (Å²) in [7, 11) is 0. The summed E-state index contributed by atoms with van der Waals surface area (Å²) in [6.45, 7) is 2.19. The second kappa shape index (κ2) is 7.94. The molecule has 2 saturated carbocycles. The molecule has 1 spiro atoms. The third-order valence-corrected chi connectivity index (χ3v) is 6.45. The lowest BCUT2D eigenvalue weighted by molar-refractivity contribution is -0.0237. The Bertz CT molecular complexity index is 713. The van der Waals surface area contributed by atoms with Gasteiger partial charge in [-0.1, -0.05) is 18.0 Å². The van der Waals surface area contributed by atoms with Crippen molar-refractivity contribution in [1.29, 1.82) is 0 Å². The molecule has 2 aliphatic heterocycles. The van der Waals surface area contributed by atoms with E-state index in [1.54, 1.807) is 0 Å². The van der Waals surface area contributed by atoms with Gasteiger partial charge in [0.25, 0.3) is 0 Å². The van der Waals surface area contributed by atoms with Gasteiger partial charge in [-0.05, 0) is 62.6 Å². The van der Waals surface area contributed by atoms with Crippen molar-refractivity contribution in [2.45, 2.75) is 75.9 Å². The number of hydrogen-bond donors (Lipinski definition) is 0. The molecule has 0 radical (unpaired) electrons. The summed E-state index contributed by atoms with van der Waals surface area (Å²) in [6, 6.07) is 6.27. The molecule has 5 heteroatoms. The van der Waals surface area contributed by atoms with Crippen LogP contribution in [-0.2, 0) is 9.57 Å². The van der Waals surface area contributed by atoms with E-state index in [0.29, 0.717) is 6.61 Å². The fraction of sp³-hybridized carbons (Fsp3) is 0.696. The lowest BCUT2D eigenvalue weighted by atomic mass is 9.93. The third-order valence-electron chi connectivity index (χ3n) is 6.45. The summed E-state index contributed by atoms with van der Waals surface area (Å²) >= 11 is 0. The molecule has 3 fully saturated rings. The van der Waals surface area contributed by atoms with Crippen LogP contribution in [-0.4, -0.2) is 37.2 Å². The minimum absolute atomic E-state index is 0.251. The molecule has 2 heterocycles. The van der Waals surface area contributed by atoms with Crippen LogP contribution in [0.5, 0.6) is 11.5 Å². The SMILES string of the molecule is c1cc(OCC2CC2)c(OC2CCCCCC2)cc1C1=NOC2(CCOC2)C1. The Morgan fingerprint density at radius 3 is 2.64 bits per heavy atom. The van der Waals surface area contributed by atoms with Crippen molar-refractivity contribution < 1.29 is 19.0 Å². The van der Waals surface area contributed by atoms with Gasteiger partial charge in [0, 0.05) is 18.4 Å². The van der Waals surface area contributed by atoms with E-state index in [2.05, 4.69) is 23.4 Å². The number of benzene rings is 1. The van der Waals surface area contributed by atoms with Crippen LogP contribution in [0.4, 0.5) is 0 Å². The Morgan fingerprint density at radius 2 is 1.89 bits per heavy atom. The molecule has 28 heavy (non-hydrogen) atoms. The Kier molecular flexibility index (Phi) is 5.19. The van der Waals surface area contributed by atoms with Gasteiger partial charge in [-0.15, -0.1) is 0 Å². The van der Waals surface area contributed by atoms with Gasteiger partial charge in [0.05, 0.1) is 31.6 Å². The molecule has 0 amide bonds. The van der Waals surface area contributed by atoms with Crippen LogP contribution in [0.1, 0.15) is 69.8 Å². The molecule has 5 rings (SSSR count). The maximum atomic E-state index is 6.49. The number of nitrogens with zero attached hydrogens (tertiary/aromatic N) is 1. The van der Waals surface area contributed by atoms with E-state index >= 15 is 0 Å². The summed E-state index contributed by atoms with van der Waals surface area (Å²) in [6.07, 6.45) is 12.0. The highest BCUT2D eigenvalue weighted by Crippen LogP contribution is 2.38. The molecule has 152 valence electrons. The maximum Gasteiger partial charge on any atom is 0.168 e. The minimum Gasteiger partial charge on any atom is -0.489 e. The van der Waals surface area contributed by atoms with Gasteiger partial charge < -0.3 is 19.0 Å². The topological polar surface area (TPSA) is 49.3 Å². The van der Waals surface area contributed by atoms with Crippen LogP contribution in [0.15, 0.2) is 23.4 Å². The van der Waals surface area contributed by atoms with Crippen molar-refractivity contribution in [3.05, 3.63) is 23.8 Å². The minimum atomic E-state index is -0.251. The van der Waals surface area contributed by atoms with Crippen LogP contribution in [0, 0.1) is 5.92 Å². The largest absolute Gasteiger partial charge is 0.489 e. The van der Waals surface area contributed by atoms with E-state index in [4.69, 9.17) is 19.0 Å². The molecule has 1 unspecified atom stereocenters. The second-order valence-electron chi connectivity index (χ2n) is 8.94. The lowest BCUT2D eigenvalue weighted by Gasteiger charge is -2.20. The molecule has 4 aliphatic rings. The quantitative estimate of drug-likeness (QED) is 0.656. The Hall–Kier alpha value is -1.75. The number of ether oxygens (including phenoxy) is 3. The predicted octanol–water partition coefficient (Wildman–Crippen LogP) is 4.86. The molecule has 2 aliphatic carbocycles. The van der Waals surface area contributed by atoms with Crippen molar-refractivity contribution in [2.75, 3.05) is 19.8 Å². The highest BCUT2D eigenvalue weighted by molar-refractivity contribution is 6.02. The van der Waals surface area contributed by atoms with E-state index in [1.165, 1.54) is 38.5 Å². The number of hydrogen-bond acceptors (Lipinski definition) is 5. The monoisotopic (exact) mass is 385 g/mol. The summed E-state index contributed by atoms with van der Waals surface area (Å²) in [4.78, 5) is 5.78. The zero-order chi connectivity index (χ0) is 18.8. The van der Waals surface area contributed by atoms with Gasteiger partial charge in [0.15, 0.2) is 17.1 Å². The number of oxime groups is 1. The van der Waals surface area contributed by atoms with E-state index < -0.39 is 0 Å². The molecule has 0 N–H and O–H groups in total. The summed E-state index contributed by atoms with van der Waals surface area (Å²) in [5, 5.41) is 4.40. The number of rotatable bonds is 6. The molecule has 1 saturated heterocycles. The maximum absolute atomic E-state index is 6.49. The summed E-state index contributed by atoms with van der Waals surface area (Å²) in [5.74, 6) is 2.47. The molecule has 0 aromatic heterocycles. The van der Waals surface area contributed by atoms with Crippen molar-refractivity contribution in [3.63, 3.8) is 0 Å². The molecule has 5 nitrogen and oxygen atoms in total. The normalized spacial score (nSPS) is 28.1. The van der Waals surface area contributed by atoms with Crippen LogP contribution < -0.4 is 9.47 Å². The molecule has 0 bridgehead atoms. The van der Waals surface area contributed by atoms with Crippen LogP contribution in [0.3, 0.4) is 0 Å². The zero-order valence-corrected chi connectivity index (χ0v) is 16.7. The van der Waals surface area contributed by atoms with E-state index in [9.17, 15) is 0 Å². The van der Waals surface area contributed by atoms with Gasteiger partial charge in [-0.25, -0.2) is 0 Å². The first-order valence-electron chi connectivity index (χ1n) is 11.1. The third kappa shape index (κ3) is 4.14. The first-order valence-corrected chi connectivity index (χ1v) is 11.1. The molecule has 1 atom stereocenters. The van der Waals surface area contributed by atoms with Crippen molar-refractivity contribution in [3.8, 4) is 11.5 Å². The highest BCUT2D eigenvalue weighted by atomic mass is 16.7. The Labute approximate surface area is 167 Å². The molecular weight excluding hydrogens is 354 g/mol. The van der Waals surface area contributed by atoms with Crippen molar-refractivity contribution in [1.82, 2.24) is 0 Å². The first kappa shape index (κ1) is 18.3. The lowest BCUT2D eigenvalue weighted by Crippen LogP contribution is -2.29. The van der Waals surface area contributed by atoms with E-state index in [0.717, 1.165) is 67.6 Å². The fourth-order valence-electron chi connectivity index (χ4n) is 4.41. The predicted molar refractivity (Wildman–Crippen MR) is 107 cm³/mol. The Morgan fingerprint density at radius 1 is 1.04 bits per heavy atom. The molecule has 1 aromatic rings. The molecule has 1 aromatic carbocycles. The van der Waals surface area contributed by atoms with Crippen molar-refractivity contribution >= 4 is 5.71 Å². The zero-order valence-electron chi connectivity index (χ0n) is 16.7. The highest BCUT2D eigenvalue weighted by Gasteiger charge is 2.43. The Balaban J connectivity index is 1.34. The second-order valence-corrected chi connectivity index (χ2v) is 8.94. The van der Waals surface area contributed by atoms with Crippen molar-refractivity contribution in [2.24, 2.45) is 11.1 Å². The van der Waals surface area contributed by atoms with Gasteiger partial charge in [-0.2, -0.15) is 0 Å². The van der Waals surface area contributed by atoms with Gasteiger partial charge in [0.2, 0.25) is 0 Å². The van der Waals surface area contributed by atoms with E-state index in [-0.39, 0.29) is 11.7 Å². The summed E-state index contributed by atoms with van der Waals surface area (Å²) in [5.41, 5.74) is 1.81. The smallest absolute Gasteiger partial charge is 0.168 e. The first-order chi connectivity index (χ1) is 13.8. The summed E-state index contributed by atoms with van der Waals surface area (Å²) < 4.78 is 18.2. The van der Waals surface area contributed by atoms with Crippen LogP contribution in [0.2, 0.25) is 0 Å². The standard InChI is InChI=1S/C23H31NO4/c1-2-4-6-19(5-3-1)27-22-13-18(9-10-21(22)26-15-17-7-8-17)20-14-23(28-24-20)11-12-25-16-23/h9-10,13,17,19H,1-8,11-12,14-16H2. The van der Waals surface area contributed by atoms with Gasteiger partial charge in [-0.3, -0.25) is 0 Å². The molecular formula is C23H31NO4. The van der Waals surface area contributed by atoms with Gasteiger partial charge in [0.1, 0.15) is 0 Å². The van der Waals surface area contributed by atoms with E-state index in [1.807, 2.05) is 0 Å². The van der Waals surface area contributed by atoms with Crippen LogP contribution >= 0.6 is 0 Å². The fourth-order valence-corrected chi connectivity index (χ4v) is 4.41. The average molecular weight is 386 g/mol.